The number of alkyl halides is 3. The van der Waals surface area contributed by atoms with Gasteiger partial charge in [0.25, 0.3) is 0 Å². The maximum absolute atomic E-state index is 12.2. The molecule has 1 aromatic carbocycles. The Balaban J connectivity index is 1.96. The summed E-state index contributed by atoms with van der Waals surface area (Å²) in [5.41, 5.74) is 0.867. The summed E-state index contributed by atoms with van der Waals surface area (Å²) in [5.74, 6) is -2.43. The number of aliphatic hydroxyl groups is 1. The first kappa shape index (κ1) is 32.8. The average molecular weight is 529 g/mol. The number of allylic oxidation sites excluding steroid dienone is 1. The van der Waals surface area contributed by atoms with Gasteiger partial charge in [0.2, 0.25) is 5.76 Å². The third-order valence-corrected chi connectivity index (χ3v) is 6.37. The molecule has 0 spiro atoms. The fraction of sp³-hybridized carbons (Fsp3) is 0.700. The molecular weight excluding hydrogens is 481 g/mol. The van der Waals surface area contributed by atoms with Gasteiger partial charge in [-0.3, -0.25) is 0 Å². The lowest BCUT2D eigenvalue weighted by Gasteiger charge is -2.08. The molecule has 1 aromatic rings. The molecule has 212 valence electrons. The molecule has 1 N–H and O–H groups in total. The predicted octanol–water partition coefficient (Wildman–Crippen LogP) is 9.42. The van der Waals surface area contributed by atoms with Gasteiger partial charge in [0.15, 0.2) is 0 Å². The summed E-state index contributed by atoms with van der Waals surface area (Å²) >= 11 is 0. The van der Waals surface area contributed by atoms with E-state index in [4.69, 9.17) is 14.6 Å². The van der Waals surface area contributed by atoms with Crippen molar-refractivity contribution in [1.29, 1.82) is 0 Å². The van der Waals surface area contributed by atoms with Gasteiger partial charge in [-0.1, -0.05) is 115 Å². The second-order valence-corrected chi connectivity index (χ2v) is 9.74. The number of aliphatic hydroxyl groups excluding tert-OH is 1. The van der Waals surface area contributed by atoms with Gasteiger partial charge in [-0.15, -0.1) is 0 Å². The van der Waals surface area contributed by atoms with Crippen LogP contribution in [0.3, 0.4) is 0 Å². The highest BCUT2D eigenvalue weighted by atomic mass is 19.4. The van der Waals surface area contributed by atoms with Crippen LogP contribution in [0.15, 0.2) is 36.1 Å². The molecule has 0 radical (unpaired) electrons. The molecule has 1 rings (SSSR count). The lowest BCUT2D eigenvalue weighted by atomic mass is 10.0. The number of carbonyl (C=O) groups excluding carboxylic acids is 1. The Morgan fingerprint density at radius 3 is 1.68 bits per heavy atom. The van der Waals surface area contributed by atoms with Gasteiger partial charge in [-0.2, -0.15) is 13.2 Å². The van der Waals surface area contributed by atoms with Crippen molar-refractivity contribution in [1.82, 2.24) is 0 Å². The molecule has 37 heavy (non-hydrogen) atoms. The average Bonchev–Trinajstić information content (AvgIpc) is 2.86. The molecule has 7 heteroatoms. The van der Waals surface area contributed by atoms with Gasteiger partial charge in [0.1, 0.15) is 5.75 Å². The number of unbranched alkanes of at least 4 members (excludes halogenated alkanes) is 15. The summed E-state index contributed by atoms with van der Waals surface area (Å²) in [4.78, 5) is 11.3. The van der Waals surface area contributed by atoms with Crippen molar-refractivity contribution in [2.24, 2.45) is 0 Å². The molecule has 0 unspecified atom stereocenters. The third-order valence-electron chi connectivity index (χ3n) is 6.37. The summed E-state index contributed by atoms with van der Waals surface area (Å²) in [5, 5.41) is 8.74. The minimum absolute atomic E-state index is 0.0374. The number of esters is 1. The highest BCUT2D eigenvalue weighted by Gasteiger charge is 2.34. The topological polar surface area (TPSA) is 55.8 Å². The minimum atomic E-state index is -4.96. The first-order chi connectivity index (χ1) is 17.8. The number of rotatable bonds is 22. The summed E-state index contributed by atoms with van der Waals surface area (Å²) in [6.07, 6.45) is 16.8. The number of benzene rings is 1. The van der Waals surface area contributed by atoms with Crippen LogP contribution in [-0.2, 0) is 16.0 Å². The van der Waals surface area contributed by atoms with Crippen LogP contribution in [0.4, 0.5) is 13.2 Å². The Bertz CT molecular complexity index is 729. The largest absolute Gasteiger partial charge is 0.504 e. The zero-order valence-electron chi connectivity index (χ0n) is 22.6. The lowest BCUT2D eigenvalue weighted by Crippen LogP contribution is -2.14. The number of hydrogen-bond donors (Lipinski definition) is 1. The fourth-order valence-electron chi connectivity index (χ4n) is 4.10. The lowest BCUT2D eigenvalue weighted by molar-refractivity contribution is -0.141. The highest BCUT2D eigenvalue weighted by molar-refractivity contribution is 5.82. The summed E-state index contributed by atoms with van der Waals surface area (Å²) in [7, 11) is 0. The van der Waals surface area contributed by atoms with E-state index in [9.17, 15) is 18.0 Å². The van der Waals surface area contributed by atoms with Crippen LogP contribution >= 0.6 is 0 Å². The van der Waals surface area contributed by atoms with Crippen LogP contribution in [-0.4, -0.2) is 30.5 Å². The molecule has 0 fully saturated rings. The molecule has 0 amide bonds. The molecule has 0 aliphatic carbocycles. The van der Waals surface area contributed by atoms with E-state index < -0.39 is 17.9 Å². The Hall–Kier alpha value is -2.18. The fourth-order valence-corrected chi connectivity index (χ4v) is 4.10. The second-order valence-electron chi connectivity index (χ2n) is 9.74. The molecule has 4 nitrogen and oxygen atoms in total. The minimum Gasteiger partial charge on any atom is -0.504 e. The molecule has 0 saturated carbocycles. The van der Waals surface area contributed by atoms with Gasteiger partial charge in [0, 0.05) is 6.42 Å². The van der Waals surface area contributed by atoms with Crippen molar-refractivity contribution >= 4 is 5.97 Å². The van der Waals surface area contributed by atoms with E-state index in [2.05, 4.69) is 6.92 Å². The van der Waals surface area contributed by atoms with E-state index in [0.29, 0.717) is 13.0 Å². The van der Waals surface area contributed by atoms with E-state index in [1.807, 2.05) is 24.3 Å². The van der Waals surface area contributed by atoms with Gasteiger partial charge < -0.3 is 14.6 Å². The standard InChI is InChI=1S/C30H47F3O4/c1-2-3-4-5-6-7-8-9-10-11-12-13-14-15-16-17-23-36-27-20-18-26(19-21-27)22-24-37-29(35)25-28(34)30(31,32)33/h18-21,25,34H,2-17,22-24H2,1H3/b28-25-. The van der Waals surface area contributed by atoms with Crippen LogP contribution in [0, 0.1) is 0 Å². The Labute approximate surface area is 221 Å². The highest BCUT2D eigenvalue weighted by Crippen LogP contribution is 2.23. The smallest absolute Gasteiger partial charge is 0.448 e. The molecule has 0 heterocycles. The maximum Gasteiger partial charge on any atom is 0.448 e. The molecule has 0 bridgehead atoms. The van der Waals surface area contributed by atoms with Crippen LogP contribution in [0.2, 0.25) is 0 Å². The van der Waals surface area contributed by atoms with Gasteiger partial charge in [0.05, 0.1) is 19.3 Å². The number of carbonyl (C=O) groups is 1. The molecule has 0 aromatic heterocycles. The second kappa shape index (κ2) is 20.8. The van der Waals surface area contributed by atoms with Crippen LogP contribution < -0.4 is 4.74 Å². The van der Waals surface area contributed by atoms with Crippen molar-refractivity contribution < 1.29 is 32.5 Å². The van der Waals surface area contributed by atoms with E-state index >= 15 is 0 Å². The molecule has 0 saturated heterocycles. The first-order valence-corrected chi connectivity index (χ1v) is 14.2. The van der Waals surface area contributed by atoms with Crippen molar-refractivity contribution in [2.45, 2.75) is 122 Å². The van der Waals surface area contributed by atoms with E-state index in [1.165, 1.54) is 96.3 Å². The normalized spacial score (nSPS) is 12.1. The molecule has 0 aliphatic heterocycles. The SMILES string of the molecule is CCCCCCCCCCCCCCCCCCOc1ccc(CCOC(=O)/C=C(\O)C(F)(F)F)cc1. The van der Waals surface area contributed by atoms with Gasteiger partial charge in [-0.05, 0) is 24.1 Å². The molecule has 0 atom stereocenters. The Morgan fingerprint density at radius 2 is 1.22 bits per heavy atom. The summed E-state index contributed by atoms with van der Waals surface area (Å²) in [6.45, 7) is 2.85. The van der Waals surface area contributed by atoms with Gasteiger partial charge in [-0.25, -0.2) is 4.79 Å². The van der Waals surface area contributed by atoms with E-state index in [-0.39, 0.29) is 12.7 Å². The Morgan fingerprint density at radius 1 is 0.757 bits per heavy atom. The van der Waals surface area contributed by atoms with Crippen LogP contribution in [0.25, 0.3) is 0 Å². The van der Waals surface area contributed by atoms with Gasteiger partial charge >= 0.3 is 12.1 Å². The van der Waals surface area contributed by atoms with E-state index in [0.717, 1.165) is 17.7 Å². The first-order valence-electron chi connectivity index (χ1n) is 14.2. The predicted molar refractivity (Wildman–Crippen MR) is 143 cm³/mol. The molecule has 0 aliphatic rings. The van der Waals surface area contributed by atoms with Crippen LogP contribution in [0.1, 0.15) is 115 Å². The summed E-state index contributed by atoms with van der Waals surface area (Å²) < 4.78 is 47.0. The number of ether oxygens (including phenoxy) is 2. The number of hydrogen-bond acceptors (Lipinski definition) is 4. The third kappa shape index (κ3) is 18.7. The quantitative estimate of drug-likeness (QED) is 0.0705. The van der Waals surface area contributed by atoms with Crippen LogP contribution in [0.5, 0.6) is 5.75 Å². The van der Waals surface area contributed by atoms with Crippen molar-refractivity contribution in [3.05, 3.63) is 41.7 Å². The number of halogens is 3. The van der Waals surface area contributed by atoms with Crippen molar-refractivity contribution in [3.63, 3.8) is 0 Å². The zero-order chi connectivity index (χ0) is 27.2. The van der Waals surface area contributed by atoms with Crippen molar-refractivity contribution in [2.75, 3.05) is 13.2 Å². The van der Waals surface area contributed by atoms with E-state index in [1.54, 1.807) is 0 Å². The zero-order valence-corrected chi connectivity index (χ0v) is 22.6. The summed E-state index contributed by atoms with van der Waals surface area (Å²) in [6, 6.07) is 7.33. The molecular formula is C30H47F3O4. The maximum atomic E-state index is 12.2. The van der Waals surface area contributed by atoms with Crippen molar-refractivity contribution in [3.8, 4) is 5.75 Å². The monoisotopic (exact) mass is 528 g/mol. The Kier molecular flexibility index (Phi) is 18.5.